The summed E-state index contributed by atoms with van der Waals surface area (Å²) in [6, 6.07) is 85.2. The van der Waals surface area contributed by atoms with Gasteiger partial charge in [0.05, 0.1) is 22.1 Å². The first-order valence-corrected chi connectivity index (χ1v) is 22.9. The fraction of sp³-hybridized carbons (Fsp3) is 0. The molecule has 3 heterocycles. The summed E-state index contributed by atoms with van der Waals surface area (Å²) in [6.07, 6.45) is 0. The van der Waals surface area contributed by atoms with E-state index in [9.17, 15) is 0 Å². The molecule has 0 atom stereocenters. The average Bonchev–Trinajstić information content (AvgIpc) is 3.97. The van der Waals surface area contributed by atoms with E-state index in [2.05, 4.69) is 229 Å². The number of hydrogen-bond donors (Lipinski definition) is 0. The number of furan rings is 1. The van der Waals surface area contributed by atoms with Crippen LogP contribution in [0.25, 0.3) is 128 Å². The highest BCUT2D eigenvalue weighted by Gasteiger charge is 2.25. The molecule has 10 aromatic carbocycles. The van der Waals surface area contributed by atoms with Crippen molar-refractivity contribution in [1.82, 2.24) is 19.5 Å². The normalized spacial score (nSPS) is 11.5. The number of nitrogens with zero attached hydrogens (tertiary/aromatic N) is 4. The first-order chi connectivity index (χ1) is 33.7. The molecule has 0 saturated heterocycles. The monoisotopic (exact) mass is 868 g/mol. The third-order valence-corrected chi connectivity index (χ3v) is 13.1. The van der Waals surface area contributed by atoms with Crippen LogP contribution in [0.15, 0.2) is 247 Å². The maximum atomic E-state index is 6.57. The molecule has 13 rings (SSSR count). The predicted octanol–water partition coefficient (Wildman–Crippen LogP) is 16.5. The quantitative estimate of drug-likeness (QED) is 0.153. The molecule has 0 aliphatic rings. The Balaban J connectivity index is 1.09. The number of aromatic nitrogens is 4. The molecule has 5 nitrogen and oxygen atoms in total. The van der Waals surface area contributed by atoms with E-state index in [1.54, 1.807) is 0 Å². The molecule has 0 radical (unpaired) electrons. The molecule has 68 heavy (non-hydrogen) atoms. The van der Waals surface area contributed by atoms with E-state index in [4.69, 9.17) is 19.4 Å². The third kappa shape index (κ3) is 6.76. The largest absolute Gasteiger partial charge is 0.456 e. The van der Waals surface area contributed by atoms with Crippen LogP contribution in [-0.4, -0.2) is 19.5 Å². The van der Waals surface area contributed by atoms with Crippen molar-refractivity contribution in [2.75, 3.05) is 0 Å². The molecule has 0 N–H and O–H groups in total. The molecule has 0 amide bonds. The summed E-state index contributed by atoms with van der Waals surface area (Å²) in [5, 5.41) is 4.49. The van der Waals surface area contributed by atoms with E-state index in [1.807, 2.05) is 18.2 Å². The summed E-state index contributed by atoms with van der Waals surface area (Å²) in [6.45, 7) is 0. The summed E-state index contributed by atoms with van der Waals surface area (Å²) in [5.41, 5.74) is 16.4. The topological polar surface area (TPSA) is 56.7 Å². The van der Waals surface area contributed by atoms with Gasteiger partial charge < -0.3 is 8.98 Å². The van der Waals surface area contributed by atoms with E-state index in [0.29, 0.717) is 17.5 Å². The van der Waals surface area contributed by atoms with E-state index in [-0.39, 0.29) is 0 Å². The molecule has 13 aromatic rings. The number of para-hydroxylation sites is 2. The highest BCUT2D eigenvalue weighted by atomic mass is 16.3. The molecule has 0 bridgehead atoms. The lowest BCUT2D eigenvalue weighted by Crippen LogP contribution is -2.04. The zero-order valence-corrected chi connectivity index (χ0v) is 36.8. The van der Waals surface area contributed by atoms with Crippen LogP contribution in [0.5, 0.6) is 0 Å². The summed E-state index contributed by atoms with van der Waals surface area (Å²) >= 11 is 0. The van der Waals surface area contributed by atoms with Crippen LogP contribution in [0.4, 0.5) is 0 Å². The standard InChI is InChI=1S/C63H40N4O/c1-5-17-41(18-6-1)43-29-33-47(34-30-43)61-64-62(48-35-31-44(32-36-48)42-19-7-2-8-20-42)66-63(65-61)49-39-53(45-21-9-3-10-22-45)59(54(40-49)46-23-11-4-12-24-46)67-55-27-15-13-25-50(55)51-37-38-57-58(60(51)67)52-26-14-16-28-56(52)68-57/h1-40H. The Bertz CT molecular complexity index is 3810. The zero-order valence-electron chi connectivity index (χ0n) is 36.8. The van der Waals surface area contributed by atoms with Crippen LogP contribution in [0.3, 0.4) is 0 Å². The molecule has 0 aliphatic heterocycles. The highest BCUT2D eigenvalue weighted by Crippen LogP contribution is 2.46. The van der Waals surface area contributed by atoms with Gasteiger partial charge in [0.25, 0.3) is 0 Å². The molecular weight excluding hydrogens is 829 g/mol. The smallest absolute Gasteiger partial charge is 0.164 e. The van der Waals surface area contributed by atoms with Gasteiger partial charge in [-0.25, -0.2) is 15.0 Å². The van der Waals surface area contributed by atoms with Gasteiger partial charge in [-0.1, -0.05) is 206 Å². The van der Waals surface area contributed by atoms with E-state index in [1.165, 1.54) is 5.39 Å². The zero-order chi connectivity index (χ0) is 45.0. The van der Waals surface area contributed by atoms with Gasteiger partial charge in [0.15, 0.2) is 17.5 Å². The van der Waals surface area contributed by atoms with Crippen molar-refractivity contribution in [3.63, 3.8) is 0 Å². The number of fused-ring (bicyclic) bond motifs is 7. The number of benzene rings is 10. The first kappa shape index (κ1) is 39.2. The van der Waals surface area contributed by atoms with Crippen molar-refractivity contribution in [3.8, 4) is 84.4 Å². The van der Waals surface area contributed by atoms with Gasteiger partial charge in [-0.2, -0.15) is 0 Å². The van der Waals surface area contributed by atoms with Crippen LogP contribution in [0.1, 0.15) is 0 Å². The SMILES string of the molecule is c1ccc(-c2ccc(-c3nc(-c4ccc(-c5ccccc5)cc4)nc(-c4cc(-c5ccccc5)c(-n5c6ccccc6c6ccc7oc8ccccc8c7c65)c(-c5ccccc5)c4)n3)cc2)cc1. The Labute approximate surface area is 392 Å². The maximum Gasteiger partial charge on any atom is 0.164 e. The minimum absolute atomic E-state index is 0.579. The number of hydrogen-bond acceptors (Lipinski definition) is 4. The lowest BCUT2D eigenvalue weighted by molar-refractivity contribution is 0.669. The van der Waals surface area contributed by atoms with Crippen molar-refractivity contribution in [2.24, 2.45) is 0 Å². The molecule has 0 saturated carbocycles. The molecule has 0 spiro atoms. The fourth-order valence-corrected chi connectivity index (χ4v) is 9.83. The second kappa shape index (κ2) is 16.4. The van der Waals surface area contributed by atoms with Crippen LogP contribution < -0.4 is 0 Å². The molecular formula is C63H40N4O. The summed E-state index contributed by atoms with van der Waals surface area (Å²) in [5.74, 6) is 1.77. The molecule has 0 unspecified atom stereocenters. The Kier molecular flexibility index (Phi) is 9.43. The molecule has 318 valence electrons. The Morgan fingerprint density at radius 2 is 0.706 bits per heavy atom. The third-order valence-electron chi connectivity index (χ3n) is 13.1. The summed E-state index contributed by atoms with van der Waals surface area (Å²) < 4.78 is 9.04. The summed E-state index contributed by atoms with van der Waals surface area (Å²) in [4.78, 5) is 15.9. The fourth-order valence-electron chi connectivity index (χ4n) is 9.83. The second-order valence-corrected chi connectivity index (χ2v) is 17.1. The van der Waals surface area contributed by atoms with Crippen LogP contribution in [0, 0.1) is 0 Å². The summed E-state index contributed by atoms with van der Waals surface area (Å²) in [7, 11) is 0. The predicted molar refractivity (Wildman–Crippen MR) is 279 cm³/mol. The highest BCUT2D eigenvalue weighted by molar-refractivity contribution is 6.25. The van der Waals surface area contributed by atoms with Gasteiger partial charge in [-0.15, -0.1) is 0 Å². The van der Waals surface area contributed by atoms with Crippen molar-refractivity contribution in [3.05, 3.63) is 243 Å². The van der Waals surface area contributed by atoms with Crippen molar-refractivity contribution >= 4 is 43.7 Å². The van der Waals surface area contributed by atoms with Crippen molar-refractivity contribution < 1.29 is 4.42 Å². The van der Waals surface area contributed by atoms with Crippen LogP contribution in [-0.2, 0) is 0 Å². The number of rotatable bonds is 8. The molecule has 0 fully saturated rings. The minimum atomic E-state index is 0.579. The van der Waals surface area contributed by atoms with Crippen molar-refractivity contribution in [1.29, 1.82) is 0 Å². The van der Waals surface area contributed by atoms with Gasteiger partial charge in [0.2, 0.25) is 0 Å². The first-order valence-electron chi connectivity index (χ1n) is 22.9. The van der Waals surface area contributed by atoms with Crippen LogP contribution in [0.2, 0.25) is 0 Å². The van der Waals surface area contributed by atoms with Gasteiger partial charge in [-0.3, -0.25) is 0 Å². The van der Waals surface area contributed by atoms with Crippen LogP contribution >= 0.6 is 0 Å². The van der Waals surface area contributed by atoms with E-state index < -0.39 is 0 Å². The van der Waals surface area contributed by atoms with Gasteiger partial charge in [0.1, 0.15) is 11.2 Å². The van der Waals surface area contributed by atoms with Crippen molar-refractivity contribution in [2.45, 2.75) is 0 Å². The Morgan fingerprint density at radius 1 is 0.294 bits per heavy atom. The average molecular weight is 869 g/mol. The van der Waals surface area contributed by atoms with E-state index in [0.717, 1.165) is 105 Å². The van der Waals surface area contributed by atoms with Gasteiger partial charge in [-0.05, 0) is 69.8 Å². The molecule has 3 aromatic heterocycles. The Hall–Kier alpha value is -9.19. The lowest BCUT2D eigenvalue weighted by atomic mass is 9.92. The molecule has 5 heteroatoms. The maximum absolute atomic E-state index is 6.57. The molecule has 0 aliphatic carbocycles. The second-order valence-electron chi connectivity index (χ2n) is 17.1. The van der Waals surface area contributed by atoms with E-state index >= 15 is 0 Å². The minimum Gasteiger partial charge on any atom is -0.456 e. The lowest BCUT2D eigenvalue weighted by Gasteiger charge is -2.21. The van der Waals surface area contributed by atoms with Gasteiger partial charge >= 0.3 is 0 Å². The van der Waals surface area contributed by atoms with Gasteiger partial charge in [0, 0.05) is 44.0 Å². The Morgan fingerprint density at radius 3 is 1.24 bits per heavy atom.